The van der Waals surface area contributed by atoms with Crippen LogP contribution in [0.4, 0.5) is 8.78 Å². The van der Waals surface area contributed by atoms with Gasteiger partial charge < -0.3 is 0 Å². The van der Waals surface area contributed by atoms with Gasteiger partial charge in [-0.3, -0.25) is 0 Å². The molecule has 1 aromatic carbocycles. The lowest BCUT2D eigenvalue weighted by Crippen LogP contribution is -1.84. The first-order valence-corrected chi connectivity index (χ1v) is 3.30. The molecule has 2 heteroatoms. The van der Waals surface area contributed by atoms with E-state index in [1.54, 1.807) is 19.1 Å². The summed E-state index contributed by atoms with van der Waals surface area (Å²) in [6.07, 6.45) is 0.474. The quantitative estimate of drug-likeness (QED) is 0.614. The average molecular weight is 154 g/mol. The average Bonchev–Trinajstić information content (AvgIpc) is 2.05. The zero-order chi connectivity index (χ0) is 8.27. The number of alkyl halides is 2. The molecule has 0 saturated carbocycles. The highest BCUT2D eigenvalue weighted by Gasteiger charge is 2.04. The smallest absolute Gasteiger partial charge is 0.205 e. The summed E-state index contributed by atoms with van der Waals surface area (Å²) in [6, 6.07) is 6.08. The second kappa shape index (κ2) is 3.46. The van der Waals surface area contributed by atoms with Crippen molar-refractivity contribution >= 4 is 0 Å². The maximum absolute atomic E-state index is 12.0. The number of halogens is 2. The van der Waals surface area contributed by atoms with Crippen LogP contribution in [-0.4, -0.2) is 0 Å². The highest BCUT2D eigenvalue weighted by atomic mass is 19.3. The Bertz CT molecular complexity index is 214. The van der Waals surface area contributed by atoms with Gasteiger partial charge in [0.15, 0.2) is 0 Å². The molecule has 0 bridgehead atoms. The Kier molecular flexibility index (Phi) is 2.58. The van der Waals surface area contributed by atoms with Crippen molar-refractivity contribution in [3.8, 4) is 0 Å². The van der Waals surface area contributed by atoms with Gasteiger partial charge in [-0.05, 0) is 5.56 Å². The largest absolute Gasteiger partial charge is 0.263 e. The normalized spacial score (nSPS) is 10.5. The van der Waals surface area contributed by atoms with E-state index in [9.17, 15) is 8.78 Å². The highest BCUT2D eigenvalue weighted by molar-refractivity contribution is 5.27. The molecule has 0 atom stereocenters. The molecule has 0 nitrogen and oxygen atoms in total. The second-order valence-electron chi connectivity index (χ2n) is 2.17. The maximum atomic E-state index is 12.0. The van der Waals surface area contributed by atoms with Gasteiger partial charge in [0, 0.05) is 12.0 Å². The van der Waals surface area contributed by atoms with Crippen molar-refractivity contribution in [1.29, 1.82) is 0 Å². The minimum Gasteiger partial charge on any atom is -0.205 e. The predicted molar refractivity (Wildman–Crippen MR) is 39.4 cm³/mol. The van der Waals surface area contributed by atoms with E-state index >= 15 is 0 Å². The van der Waals surface area contributed by atoms with Gasteiger partial charge in [0.2, 0.25) is 0 Å². The minimum atomic E-state index is -2.37. The van der Waals surface area contributed by atoms with Crippen molar-refractivity contribution in [2.24, 2.45) is 0 Å². The molecular formula is C9H8F2. The summed E-state index contributed by atoms with van der Waals surface area (Å²) >= 11 is 0. The number of hydrogen-bond acceptors (Lipinski definition) is 0. The van der Waals surface area contributed by atoms with Gasteiger partial charge in [-0.1, -0.05) is 31.2 Å². The lowest BCUT2D eigenvalue weighted by molar-refractivity contribution is 0.151. The molecule has 58 valence electrons. The third-order valence-electron chi connectivity index (χ3n) is 1.45. The van der Waals surface area contributed by atoms with E-state index in [0.29, 0.717) is 0 Å². The van der Waals surface area contributed by atoms with E-state index in [0.717, 1.165) is 5.56 Å². The number of benzene rings is 1. The summed E-state index contributed by atoms with van der Waals surface area (Å²) in [4.78, 5) is 0. The molecule has 1 aromatic rings. The molecule has 0 N–H and O–H groups in total. The second-order valence-corrected chi connectivity index (χ2v) is 2.17. The van der Waals surface area contributed by atoms with Crippen LogP contribution in [0, 0.1) is 6.42 Å². The molecule has 2 radical (unpaired) electrons. The van der Waals surface area contributed by atoms with Gasteiger partial charge in [0.05, 0.1) is 0 Å². The highest BCUT2D eigenvalue weighted by Crippen LogP contribution is 2.18. The summed E-state index contributed by atoms with van der Waals surface area (Å²) in [7, 11) is 0. The van der Waals surface area contributed by atoms with E-state index in [1.807, 2.05) is 0 Å². The van der Waals surface area contributed by atoms with Crippen LogP contribution in [0.25, 0.3) is 0 Å². The molecule has 0 spiro atoms. The Hall–Kier alpha value is -0.920. The first-order chi connectivity index (χ1) is 5.24. The Labute approximate surface area is 64.9 Å². The summed E-state index contributed by atoms with van der Waals surface area (Å²) in [6.45, 7) is 1.75. The molecule has 0 aliphatic rings. The molecule has 0 unspecified atom stereocenters. The summed E-state index contributed by atoms with van der Waals surface area (Å²) in [5, 5.41) is 0. The number of rotatable bonds is 2. The molecule has 0 saturated heterocycles. The van der Waals surface area contributed by atoms with E-state index in [1.165, 1.54) is 12.1 Å². The van der Waals surface area contributed by atoms with Crippen molar-refractivity contribution in [1.82, 2.24) is 0 Å². The fraction of sp³-hybridized carbons (Fsp3) is 0.222. The molecule has 0 aliphatic heterocycles. The summed E-state index contributed by atoms with van der Waals surface area (Å²) in [5.41, 5.74) is 0.901. The Balaban J connectivity index is 2.83. The van der Waals surface area contributed by atoms with Crippen molar-refractivity contribution in [2.75, 3.05) is 0 Å². The third kappa shape index (κ3) is 2.00. The van der Waals surface area contributed by atoms with Gasteiger partial charge in [-0.2, -0.15) is 0 Å². The predicted octanol–water partition coefficient (Wildman–Crippen LogP) is 3.07. The first kappa shape index (κ1) is 8.18. The van der Waals surface area contributed by atoms with Crippen LogP contribution in [0.15, 0.2) is 24.3 Å². The van der Waals surface area contributed by atoms with Crippen LogP contribution in [0.5, 0.6) is 0 Å². The van der Waals surface area contributed by atoms with Gasteiger partial charge in [0.1, 0.15) is 0 Å². The molecule has 11 heavy (non-hydrogen) atoms. The van der Waals surface area contributed by atoms with Crippen LogP contribution < -0.4 is 0 Å². The monoisotopic (exact) mass is 154 g/mol. The molecule has 0 heterocycles. The lowest BCUT2D eigenvalue weighted by Gasteiger charge is -1.99. The summed E-state index contributed by atoms with van der Waals surface area (Å²) in [5.74, 6) is 0. The molecule has 0 amide bonds. The van der Waals surface area contributed by atoms with Gasteiger partial charge in [-0.15, -0.1) is 0 Å². The fourth-order valence-corrected chi connectivity index (χ4v) is 0.795. The Morgan fingerprint density at radius 1 is 1.18 bits per heavy atom. The van der Waals surface area contributed by atoms with Gasteiger partial charge in [-0.25, -0.2) is 8.78 Å². The molecule has 0 fully saturated rings. The lowest BCUT2D eigenvalue weighted by atomic mass is 10.1. The van der Waals surface area contributed by atoms with E-state index < -0.39 is 6.43 Å². The maximum Gasteiger partial charge on any atom is 0.263 e. The van der Waals surface area contributed by atoms with Gasteiger partial charge >= 0.3 is 0 Å². The van der Waals surface area contributed by atoms with Gasteiger partial charge in [0.25, 0.3) is 6.43 Å². The first-order valence-electron chi connectivity index (χ1n) is 3.30. The third-order valence-corrected chi connectivity index (χ3v) is 1.45. The Morgan fingerprint density at radius 3 is 2.09 bits per heavy atom. The molecule has 0 aliphatic carbocycles. The van der Waals surface area contributed by atoms with Crippen molar-refractivity contribution in [3.05, 3.63) is 41.8 Å². The van der Waals surface area contributed by atoms with Crippen molar-refractivity contribution in [2.45, 2.75) is 13.3 Å². The summed E-state index contributed by atoms with van der Waals surface area (Å²) < 4.78 is 24.0. The molecule has 1 rings (SSSR count). The minimum absolute atomic E-state index is 0.0593. The van der Waals surface area contributed by atoms with Crippen molar-refractivity contribution in [3.63, 3.8) is 0 Å². The zero-order valence-electron chi connectivity index (χ0n) is 6.14. The molecule has 0 aromatic heterocycles. The Morgan fingerprint density at radius 2 is 1.73 bits per heavy atom. The van der Waals surface area contributed by atoms with Crippen molar-refractivity contribution < 1.29 is 8.78 Å². The van der Waals surface area contributed by atoms with Crippen LogP contribution in [0.1, 0.15) is 24.5 Å². The fourth-order valence-electron chi connectivity index (χ4n) is 0.795. The number of hydrogen-bond donors (Lipinski definition) is 0. The van der Waals surface area contributed by atoms with Crippen LogP contribution in [0.2, 0.25) is 0 Å². The zero-order valence-corrected chi connectivity index (χ0v) is 6.14. The van der Waals surface area contributed by atoms with E-state index in [2.05, 4.69) is 6.42 Å². The van der Waals surface area contributed by atoms with E-state index in [4.69, 9.17) is 0 Å². The van der Waals surface area contributed by atoms with Crippen LogP contribution in [0.3, 0.4) is 0 Å². The molecular weight excluding hydrogens is 146 g/mol. The SMILES string of the molecule is C[C]c1ccc(C(F)F)cc1. The van der Waals surface area contributed by atoms with E-state index in [-0.39, 0.29) is 5.56 Å². The van der Waals surface area contributed by atoms with Crippen LogP contribution in [-0.2, 0) is 0 Å². The van der Waals surface area contributed by atoms with Crippen LogP contribution >= 0.6 is 0 Å². The topological polar surface area (TPSA) is 0 Å². The standard InChI is InChI=1S/C9H8F2/c1-2-7-3-5-8(6-4-7)9(10)11/h3-6,9H,1H3.